The van der Waals surface area contributed by atoms with Crippen LogP contribution in [0, 0.1) is 0 Å². The Labute approximate surface area is 163 Å². The maximum Gasteiger partial charge on any atom is 0.254 e. The van der Waals surface area contributed by atoms with Gasteiger partial charge in [0.15, 0.2) is 0 Å². The summed E-state index contributed by atoms with van der Waals surface area (Å²) < 4.78 is 10.5. The normalized spacial score (nSPS) is 14.7. The first-order valence-corrected chi connectivity index (χ1v) is 9.81. The van der Waals surface area contributed by atoms with E-state index in [1.807, 2.05) is 22.4 Å². The number of carbonyl (C=O) groups is 2. The number of rotatable bonds is 6. The van der Waals surface area contributed by atoms with Crippen LogP contribution in [0.5, 0.6) is 11.5 Å². The second-order valence-corrected chi connectivity index (χ2v) is 7.52. The molecule has 1 aromatic heterocycles. The fraction of sp³-hybridized carbons (Fsp3) is 0.400. The van der Waals surface area contributed by atoms with Crippen LogP contribution in [-0.2, 0) is 11.2 Å². The van der Waals surface area contributed by atoms with Crippen LogP contribution in [0.1, 0.15) is 28.1 Å². The highest BCUT2D eigenvalue weighted by Gasteiger charge is 2.25. The van der Waals surface area contributed by atoms with Crippen LogP contribution >= 0.6 is 11.3 Å². The Hall–Kier alpha value is -2.54. The van der Waals surface area contributed by atoms with Crippen molar-refractivity contribution in [2.75, 3.05) is 27.3 Å². The van der Waals surface area contributed by atoms with Crippen molar-refractivity contribution in [3.8, 4) is 11.5 Å². The van der Waals surface area contributed by atoms with Gasteiger partial charge < -0.3 is 19.7 Å². The summed E-state index contributed by atoms with van der Waals surface area (Å²) in [4.78, 5) is 27.8. The van der Waals surface area contributed by atoms with Gasteiger partial charge in [-0.05, 0) is 36.4 Å². The van der Waals surface area contributed by atoms with Gasteiger partial charge in [0.05, 0.1) is 20.6 Å². The molecule has 0 saturated carbocycles. The molecule has 1 N–H and O–H groups in total. The summed E-state index contributed by atoms with van der Waals surface area (Å²) in [5.74, 6) is 1.18. The minimum Gasteiger partial charge on any atom is -0.497 e. The number of benzene rings is 1. The number of amides is 2. The highest BCUT2D eigenvalue weighted by Crippen LogP contribution is 2.24. The number of thiophene rings is 1. The molecule has 144 valence electrons. The molecule has 0 radical (unpaired) electrons. The van der Waals surface area contributed by atoms with Crippen LogP contribution in [0.15, 0.2) is 35.7 Å². The number of ether oxygens (including phenoxy) is 2. The third-order valence-electron chi connectivity index (χ3n) is 4.66. The van der Waals surface area contributed by atoms with Gasteiger partial charge in [0.2, 0.25) is 5.91 Å². The van der Waals surface area contributed by atoms with E-state index in [1.54, 1.807) is 43.8 Å². The standard InChI is InChI=1S/C20H24N2O4S/c1-25-16-10-14(11-17(12-16)26-2)20(24)22-7-5-15(6-8-22)21-19(23)13-18-4-3-9-27-18/h3-4,9-12,15H,5-8,13H2,1-2H3,(H,21,23). The summed E-state index contributed by atoms with van der Waals surface area (Å²) >= 11 is 1.59. The molecule has 2 heterocycles. The zero-order chi connectivity index (χ0) is 19.2. The van der Waals surface area contributed by atoms with E-state index in [4.69, 9.17) is 9.47 Å². The molecule has 27 heavy (non-hydrogen) atoms. The molecule has 0 aliphatic carbocycles. The van der Waals surface area contributed by atoms with Crippen molar-refractivity contribution < 1.29 is 19.1 Å². The van der Waals surface area contributed by atoms with Gasteiger partial charge in [-0.15, -0.1) is 11.3 Å². The number of nitrogens with one attached hydrogen (secondary N) is 1. The fourth-order valence-corrected chi connectivity index (χ4v) is 3.89. The van der Waals surface area contributed by atoms with Gasteiger partial charge in [0, 0.05) is 35.6 Å². The van der Waals surface area contributed by atoms with Crippen LogP contribution in [-0.4, -0.2) is 50.1 Å². The van der Waals surface area contributed by atoms with E-state index in [0.717, 1.165) is 17.7 Å². The lowest BCUT2D eigenvalue weighted by molar-refractivity contribution is -0.121. The predicted octanol–water partition coefficient (Wildman–Crippen LogP) is 2.73. The van der Waals surface area contributed by atoms with Crippen LogP contribution in [0.4, 0.5) is 0 Å². The Morgan fingerprint density at radius 3 is 2.37 bits per heavy atom. The van der Waals surface area contributed by atoms with E-state index in [9.17, 15) is 9.59 Å². The Bertz CT molecular complexity index is 761. The summed E-state index contributed by atoms with van der Waals surface area (Å²) in [6, 6.07) is 9.21. The lowest BCUT2D eigenvalue weighted by atomic mass is 10.0. The maximum absolute atomic E-state index is 12.8. The molecule has 0 bridgehead atoms. The fourth-order valence-electron chi connectivity index (χ4n) is 3.19. The zero-order valence-corrected chi connectivity index (χ0v) is 16.4. The van der Waals surface area contributed by atoms with Crippen LogP contribution < -0.4 is 14.8 Å². The summed E-state index contributed by atoms with van der Waals surface area (Å²) in [5.41, 5.74) is 0.548. The average molecular weight is 388 g/mol. The van der Waals surface area contributed by atoms with E-state index < -0.39 is 0 Å². The molecule has 0 spiro atoms. The molecule has 7 heteroatoms. The van der Waals surface area contributed by atoms with Crippen LogP contribution in [0.25, 0.3) is 0 Å². The number of hydrogen-bond acceptors (Lipinski definition) is 5. The third-order valence-corrected chi connectivity index (χ3v) is 5.54. The van der Waals surface area contributed by atoms with Crippen LogP contribution in [0.3, 0.4) is 0 Å². The van der Waals surface area contributed by atoms with Crippen molar-refractivity contribution in [2.45, 2.75) is 25.3 Å². The van der Waals surface area contributed by atoms with Crippen molar-refractivity contribution in [1.82, 2.24) is 10.2 Å². The summed E-state index contributed by atoms with van der Waals surface area (Å²) in [5, 5.41) is 5.06. The van der Waals surface area contributed by atoms with E-state index >= 15 is 0 Å². The molecule has 1 saturated heterocycles. The number of piperidine rings is 1. The predicted molar refractivity (Wildman–Crippen MR) is 105 cm³/mol. The molecule has 0 atom stereocenters. The molecule has 2 aromatic rings. The number of carbonyl (C=O) groups excluding carboxylic acids is 2. The first-order valence-electron chi connectivity index (χ1n) is 8.93. The Kier molecular flexibility index (Phi) is 6.34. The average Bonchev–Trinajstić information content (AvgIpc) is 3.20. The van der Waals surface area contributed by atoms with Crippen molar-refractivity contribution in [3.05, 3.63) is 46.2 Å². The highest BCUT2D eigenvalue weighted by molar-refractivity contribution is 7.10. The molecule has 1 aliphatic heterocycles. The van der Waals surface area contributed by atoms with E-state index in [1.165, 1.54) is 0 Å². The minimum absolute atomic E-state index is 0.0414. The molecule has 1 aliphatic rings. The van der Waals surface area contributed by atoms with Crippen molar-refractivity contribution in [3.63, 3.8) is 0 Å². The van der Waals surface area contributed by atoms with Crippen LogP contribution in [0.2, 0.25) is 0 Å². The van der Waals surface area contributed by atoms with Crippen molar-refractivity contribution in [2.24, 2.45) is 0 Å². The van der Waals surface area contributed by atoms with Gasteiger partial charge in [0.25, 0.3) is 5.91 Å². The largest absolute Gasteiger partial charge is 0.497 e. The molecular weight excluding hydrogens is 364 g/mol. The van der Waals surface area contributed by atoms with Crippen molar-refractivity contribution >= 4 is 23.2 Å². The molecule has 1 aromatic carbocycles. The van der Waals surface area contributed by atoms with E-state index in [2.05, 4.69) is 5.32 Å². The lowest BCUT2D eigenvalue weighted by Gasteiger charge is -2.32. The number of methoxy groups -OCH3 is 2. The summed E-state index contributed by atoms with van der Waals surface area (Å²) in [7, 11) is 3.13. The Balaban J connectivity index is 1.54. The number of likely N-dealkylation sites (tertiary alicyclic amines) is 1. The summed E-state index contributed by atoms with van der Waals surface area (Å²) in [6.07, 6.45) is 1.92. The van der Waals surface area contributed by atoms with Gasteiger partial charge in [-0.25, -0.2) is 0 Å². The molecule has 1 fully saturated rings. The Morgan fingerprint density at radius 1 is 1.15 bits per heavy atom. The van der Waals surface area contributed by atoms with Gasteiger partial charge >= 0.3 is 0 Å². The minimum atomic E-state index is -0.0458. The molecule has 3 rings (SSSR count). The Morgan fingerprint density at radius 2 is 1.81 bits per heavy atom. The SMILES string of the molecule is COc1cc(OC)cc(C(=O)N2CCC(NC(=O)Cc3cccs3)CC2)c1. The quantitative estimate of drug-likeness (QED) is 0.826. The molecule has 6 nitrogen and oxygen atoms in total. The first kappa shape index (κ1) is 19.2. The van der Waals surface area contributed by atoms with Gasteiger partial charge in [-0.1, -0.05) is 6.07 Å². The second-order valence-electron chi connectivity index (χ2n) is 6.49. The van der Waals surface area contributed by atoms with Gasteiger partial charge in [-0.3, -0.25) is 9.59 Å². The van der Waals surface area contributed by atoms with Gasteiger partial charge in [-0.2, -0.15) is 0 Å². The molecule has 0 unspecified atom stereocenters. The summed E-state index contributed by atoms with van der Waals surface area (Å²) in [6.45, 7) is 1.23. The topological polar surface area (TPSA) is 67.9 Å². The maximum atomic E-state index is 12.8. The van der Waals surface area contributed by atoms with Crippen molar-refractivity contribution in [1.29, 1.82) is 0 Å². The van der Waals surface area contributed by atoms with Gasteiger partial charge in [0.1, 0.15) is 11.5 Å². The monoisotopic (exact) mass is 388 g/mol. The highest BCUT2D eigenvalue weighted by atomic mass is 32.1. The smallest absolute Gasteiger partial charge is 0.254 e. The number of nitrogens with zero attached hydrogens (tertiary/aromatic N) is 1. The molecular formula is C20H24N2O4S. The number of hydrogen-bond donors (Lipinski definition) is 1. The lowest BCUT2D eigenvalue weighted by Crippen LogP contribution is -2.46. The third kappa shape index (κ3) is 5.01. The second kappa shape index (κ2) is 8.90. The van der Waals surface area contributed by atoms with E-state index in [-0.39, 0.29) is 17.9 Å². The zero-order valence-electron chi connectivity index (χ0n) is 15.6. The van der Waals surface area contributed by atoms with E-state index in [0.29, 0.717) is 36.6 Å². The molecule has 2 amide bonds. The first-order chi connectivity index (χ1) is 13.1.